The van der Waals surface area contributed by atoms with E-state index < -0.39 is 5.76 Å². The molecule has 3 aromatic rings. The number of aromatic nitrogens is 3. The molecular weight excluding hydrogens is 234 g/mol. The molecule has 2 aromatic heterocycles. The summed E-state index contributed by atoms with van der Waals surface area (Å²) in [6.45, 7) is 0. The molecule has 0 fully saturated rings. The maximum atomic E-state index is 11.1. The fourth-order valence-corrected chi connectivity index (χ4v) is 1.90. The normalized spacial score (nSPS) is 10.9. The van der Waals surface area contributed by atoms with Crippen LogP contribution in [0.5, 0.6) is 0 Å². The summed E-state index contributed by atoms with van der Waals surface area (Å²) in [5, 5.41) is 0. The number of aromatic amines is 1. The van der Waals surface area contributed by atoms with Crippen molar-refractivity contribution in [2.24, 2.45) is 7.05 Å². The van der Waals surface area contributed by atoms with Crippen LogP contribution in [0.3, 0.4) is 0 Å². The zero-order valence-corrected chi connectivity index (χ0v) is 9.51. The van der Waals surface area contributed by atoms with Crippen LogP contribution in [0.15, 0.2) is 33.7 Å². The van der Waals surface area contributed by atoms with Crippen molar-refractivity contribution in [3.05, 3.63) is 40.8 Å². The van der Waals surface area contributed by atoms with E-state index in [4.69, 9.17) is 4.42 Å². The van der Waals surface area contributed by atoms with Crippen molar-refractivity contribution in [1.82, 2.24) is 14.5 Å². The fraction of sp³-hybridized carbons (Fsp3) is 0.0833. The van der Waals surface area contributed by atoms with Gasteiger partial charge >= 0.3 is 5.76 Å². The summed E-state index contributed by atoms with van der Waals surface area (Å²) in [6.07, 6.45) is 2.33. The highest BCUT2D eigenvalue weighted by molar-refractivity contribution is 5.87. The number of oxazole rings is 1. The van der Waals surface area contributed by atoms with Gasteiger partial charge in [0.05, 0.1) is 17.5 Å². The van der Waals surface area contributed by atoms with Gasteiger partial charge < -0.3 is 8.98 Å². The lowest BCUT2D eigenvalue weighted by molar-refractivity contribution is 0.111. The zero-order chi connectivity index (χ0) is 12.7. The molecule has 0 aliphatic heterocycles. The maximum Gasteiger partial charge on any atom is 0.417 e. The second-order valence-corrected chi connectivity index (χ2v) is 3.93. The molecule has 90 valence electrons. The number of benzene rings is 1. The Morgan fingerprint density at radius 2 is 2.28 bits per heavy atom. The molecule has 0 atom stereocenters. The van der Waals surface area contributed by atoms with Crippen LogP contribution < -0.4 is 5.76 Å². The Morgan fingerprint density at radius 3 is 3.06 bits per heavy atom. The number of carbonyl (C=O) groups is 1. The summed E-state index contributed by atoms with van der Waals surface area (Å²) in [6, 6.07) is 5.16. The van der Waals surface area contributed by atoms with Gasteiger partial charge in [-0.2, -0.15) is 0 Å². The molecule has 2 heterocycles. The third-order valence-electron chi connectivity index (χ3n) is 2.79. The van der Waals surface area contributed by atoms with E-state index in [-0.39, 0.29) is 0 Å². The Labute approximate surface area is 101 Å². The average Bonchev–Trinajstić information content (AvgIpc) is 2.89. The van der Waals surface area contributed by atoms with Crippen LogP contribution in [0.4, 0.5) is 0 Å². The molecule has 0 unspecified atom stereocenters. The van der Waals surface area contributed by atoms with Crippen LogP contribution in [-0.2, 0) is 7.05 Å². The first kappa shape index (κ1) is 10.5. The predicted molar refractivity (Wildman–Crippen MR) is 64.4 cm³/mol. The molecule has 0 saturated heterocycles. The van der Waals surface area contributed by atoms with Crippen molar-refractivity contribution < 1.29 is 9.21 Å². The lowest BCUT2D eigenvalue weighted by Crippen LogP contribution is -1.94. The van der Waals surface area contributed by atoms with Gasteiger partial charge in [-0.05, 0) is 18.2 Å². The molecule has 0 amide bonds. The Bertz CT molecular complexity index is 794. The Balaban J connectivity index is 2.24. The lowest BCUT2D eigenvalue weighted by Gasteiger charge is -1.99. The van der Waals surface area contributed by atoms with E-state index >= 15 is 0 Å². The maximum absolute atomic E-state index is 11.1. The van der Waals surface area contributed by atoms with Gasteiger partial charge in [-0.1, -0.05) is 0 Å². The second kappa shape index (κ2) is 3.69. The molecule has 0 radical (unpaired) electrons. The first-order chi connectivity index (χ1) is 8.69. The van der Waals surface area contributed by atoms with Gasteiger partial charge in [0.2, 0.25) is 0 Å². The molecule has 0 bridgehead atoms. The summed E-state index contributed by atoms with van der Waals surface area (Å²) >= 11 is 0. The second-order valence-electron chi connectivity index (χ2n) is 3.93. The van der Waals surface area contributed by atoms with Crippen LogP contribution in [0, 0.1) is 0 Å². The van der Waals surface area contributed by atoms with Gasteiger partial charge in [-0.15, -0.1) is 0 Å². The fourth-order valence-electron chi connectivity index (χ4n) is 1.90. The zero-order valence-electron chi connectivity index (χ0n) is 9.51. The third kappa shape index (κ3) is 1.46. The highest BCUT2D eigenvalue weighted by Gasteiger charge is 2.11. The van der Waals surface area contributed by atoms with Crippen molar-refractivity contribution in [1.29, 1.82) is 0 Å². The van der Waals surface area contributed by atoms with E-state index in [1.807, 2.05) is 0 Å². The molecule has 0 saturated carbocycles. The average molecular weight is 243 g/mol. The minimum absolute atomic E-state index is 0.479. The topological polar surface area (TPSA) is 80.9 Å². The van der Waals surface area contributed by atoms with Crippen molar-refractivity contribution in [3.8, 4) is 11.3 Å². The van der Waals surface area contributed by atoms with E-state index in [9.17, 15) is 9.59 Å². The molecular formula is C12H9N3O3. The molecule has 0 aliphatic rings. The highest BCUT2D eigenvalue weighted by Crippen LogP contribution is 2.23. The largest absolute Gasteiger partial charge is 0.417 e. The quantitative estimate of drug-likeness (QED) is 0.688. The molecule has 1 N–H and O–H groups in total. The monoisotopic (exact) mass is 243 g/mol. The lowest BCUT2D eigenvalue weighted by atomic mass is 10.1. The van der Waals surface area contributed by atoms with E-state index in [1.165, 1.54) is 0 Å². The minimum Gasteiger partial charge on any atom is -0.408 e. The number of carbonyl (C=O) groups excluding carboxylic acids is 1. The van der Waals surface area contributed by atoms with Gasteiger partial charge in [0.25, 0.3) is 0 Å². The summed E-state index contributed by atoms with van der Waals surface area (Å²) < 4.78 is 6.56. The number of rotatable bonds is 2. The summed E-state index contributed by atoms with van der Waals surface area (Å²) in [4.78, 5) is 28.8. The van der Waals surface area contributed by atoms with Gasteiger partial charge in [0, 0.05) is 12.6 Å². The molecule has 6 heteroatoms. The van der Waals surface area contributed by atoms with Gasteiger partial charge in [0.15, 0.2) is 11.9 Å². The molecule has 3 rings (SSSR count). The minimum atomic E-state index is -0.501. The molecule has 6 nitrogen and oxygen atoms in total. The number of aldehydes is 1. The van der Waals surface area contributed by atoms with Crippen LogP contribution in [0.2, 0.25) is 0 Å². The van der Waals surface area contributed by atoms with Gasteiger partial charge in [-0.3, -0.25) is 9.78 Å². The van der Waals surface area contributed by atoms with Gasteiger partial charge in [0.1, 0.15) is 5.69 Å². The Kier molecular flexibility index (Phi) is 2.16. The molecule has 0 spiro atoms. The first-order valence-corrected chi connectivity index (χ1v) is 5.29. The number of H-pyrrole nitrogens is 1. The number of nitrogens with zero attached hydrogens (tertiary/aromatic N) is 2. The van der Waals surface area contributed by atoms with Gasteiger partial charge in [-0.25, -0.2) is 9.78 Å². The van der Waals surface area contributed by atoms with Crippen molar-refractivity contribution in [2.45, 2.75) is 0 Å². The first-order valence-electron chi connectivity index (χ1n) is 5.29. The predicted octanol–water partition coefficient (Wildman–Crippen LogP) is 1.33. The van der Waals surface area contributed by atoms with E-state index in [0.29, 0.717) is 22.5 Å². The Hall–Kier alpha value is -2.63. The van der Waals surface area contributed by atoms with Crippen LogP contribution in [-0.4, -0.2) is 20.8 Å². The molecule has 18 heavy (non-hydrogen) atoms. The van der Waals surface area contributed by atoms with Crippen LogP contribution in [0.25, 0.3) is 22.4 Å². The number of nitrogens with one attached hydrogen (secondary N) is 1. The van der Waals surface area contributed by atoms with Crippen LogP contribution in [0.1, 0.15) is 10.5 Å². The van der Waals surface area contributed by atoms with Crippen LogP contribution >= 0.6 is 0 Å². The molecule has 1 aromatic carbocycles. The summed E-state index contributed by atoms with van der Waals surface area (Å²) in [5.74, 6) is -0.501. The summed E-state index contributed by atoms with van der Waals surface area (Å²) in [5.41, 5.74) is 2.88. The Morgan fingerprint density at radius 1 is 1.44 bits per heavy atom. The van der Waals surface area contributed by atoms with Crippen molar-refractivity contribution >= 4 is 17.4 Å². The number of hydrogen-bond donors (Lipinski definition) is 1. The van der Waals surface area contributed by atoms with Crippen molar-refractivity contribution in [2.75, 3.05) is 0 Å². The third-order valence-corrected chi connectivity index (χ3v) is 2.79. The summed E-state index contributed by atoms with van der Waals surface area (Å²) in [7, 11) is 1.75. The number of hydrogen-bond acceptors (Lipinski definition) is 4. The number of imidazole rings is 1. The highest BCUT2D eigenvalue weighted by atomic mass is 16.4. The number of aryl methyl sites for hydroxylation is 1. The van der Waals surface area contributed by atoms with Crippen molar-refractivity contribution in [3.63, 3.8) is 0 Å². The standard InChI is InChI=1S/C12H9N3O3/c1-15-6-13-11(9(15)5-16)7-2-3-10-8(4-7)14-12(17)18-10/h2-6H,1H3,(H,14,17). The smallest absolute Gasteiger partial charge is 0.408 e. The van der Waals surface area contributed by atoms with E-state index in [1.54, 1.807) is 36.1 Å². The number of fused-ring (bicyclic) bond motifs is 1. The molecule has 0 aliphatic carbocycles. The SMILES string of the molecule is Cn1cnc(-c2ccc3oc(=O)[nH]c3c2)c1C=O. The van der Waals surface area contributed by atoms with E-state index in [0.717, 1.165) is 11.8 Å². The van der Waals surface area contributed by atoms with E-state index in [2.05, 4.69) is 9.97 Å².